The van der Waals surface area contributed by atoms with Crippen molar-refractivity contribution >= 4 is 22.9 Å². The van der Waals surface area contributed by atoms with Gasteiger partial charge in [0, 0.05) is 25.7 Å². The van der Waals surface area contributed by atoms with Crippen LogP contribution in [0.3, 0.4) is 0 Å². The molecule has 1 fully saturated rings. The van der Waals surface area contributed by atoms with E-state index in [1.807, 2.05) is 32.9 Å². The van der Waals surface area contributed by atoms with Crippen molar-refractivity contribution in [3.8, 4) is 5.75 Å². The summed E-state index contributed by atoms with van der Waals surface area (Å²) in [6.45, 7) is 8.14. The normalized spacial score (nSPS) is 16.4. The number of nitrogens with zero attached hydrogens (tertiary/aromatic N) is 2. The monoisotopic (exact) mass is 376 g/mol. The van der Waals surface area contributed by atoms with Crippen LogP contribution >= 0.6 is 0 Å². The number of carbonyl (C=O) groups excluding carboxylic acids is 1. The minimum absolute atomic E-state index is 0.141. The molecule has 0 atom stereocenters. The van der Waals surface area contributed by atoms with Crippen LogP contribution in [-0.4, -0.2) is 48.0 Å². The zero-order valence-corrected chi connectivity index (χ0v) is 16.4. The van der Waals surface area contributed by atoms with Crippen molar-refractivity contribution in [3.05, 3.63) is 17.7 Å². The van der Waals surface area contributed by atoms with Crippen LogP contribution in [0.5, 0.6) is 5.75 Å². The Balaban J connectivity index is 1.56. The maximum Gasteiger partial charge on any atom is 0.407 e. The number of aromatic nitrogens is 1. The van der Waals surface area contributed by atoms with Crippen LogP contribution in [0, 0.1) is 0 Å². The summed E-state index contributed by atoms with van der Waals surface area (Å²) in [4.78, 5) is 14.2. The number of benzene rings is 1. The predicted octanol–water partition coefficient (Wildman–Crippen LogP) is 2.91. The molecule has 1 aliphatic rings. The number of anilines is 1. The van der Waals surface area contributed by atoms with E-state index in [0.717, 1.165) is 38.0 Å². The lowest BCUT2D eigenvalue weighted by molar-refractivity contribution is 0.0477. The van der Waals surface area contributed by atoms with Gasteiger partial charge < -0.3 is 25.0 Å². The van der Waals surface area contributed by atoms with Crippen LogP contribution in [0.25, 0.3) is 11.0 Å². The van der Waals surface area contributed by atoms with Crippen LogP contribution < -0.4 is 15.8 Å². The van der Waals surface area contributed by atoms with E-state index in [9.17, 15) is 4.79 Å². The van der Waals surface area contributed by atoms with Crippen LogP contribution in [-0.2, 0) is 11.3 Å². The molecule has 27 heavy (non-hydrogen) atoms. The molecule has 0 saturated carbocycles. The third-order valence-electron chi connectivity index (χ3n) is 4.56. The van der Waals surface area contributed by atoms with Gasteiger partial charge in [0.15, 0.2) is 11.4 Å². The van der Waals surface area contributed by atoms with E-state index in [4.69, 9.17) is 19.7 Å². The summed E-state index contributed by atoms with van der Waals surface area (Å²) in [6.07, 6.45) is 1.42. The highest BCUT2D eigenvalue weighted by Crippen LogP contribution is 2.32. The van der Waals surface area contributed by atoms with E-state index < -0.39 is 5.60 Å². The van der Waals surface area contributed by atoms with E-state index in [1.54, 1.807) is 7.11 Å². The number of methoxy groups -OCH3 is 1. The van der Waals surface area contributed by atoms with Gasteiger partial charge in [0.25, 0.3) is 0 Å². The van der Waals surface area contributed by atoms with Gasteiger partial charge >= 0.3 is 6.09 Å². The molecule has 1 aromatic heterocycles. The second kappa shape index (κ2) is 7.64. The predicted molar refractivity (Wildman–Crippen MR) is 103 cm³/mol. The maximum absolute atomic E-state index is 11.9. The molecule has 0 radical (unpaired) electrons. The summed E-state index contributed by atoms with van der Waals surface area (Å²) in [5.41, 5.74) is 7.07. The molecule has 0 aliphatic carbocycles. The highest BCUT2D eigenvalue weighted by atomic mass is 16.6. The smallest absolute Gasteiger partial charge is 0.407 e. The Morgan fingerprint density at radius 1 is 1.37 bits per heavy atom. The van der Waals surface area contributed by atoms with Gasteiger partial charge in [-0.1, -0.05) is 5.16 Å². The van der Waals surface area contributed by atoms with Crippen LogP contribution in [0.1, 0.15) is 39.2 Å². The number of nitrogens with two attached hydrogens (primary N) is 1. The highest BCUT2D eigenvalue weighted by molar-refractivity contribution is 5.93. The fraction of sp³-hybridized carbons (Fsp3) is 0.579. The number of carbonyl (C=O) groups is 1. The number of piperidine rings is 1. The molecule has 1 amide bonds. The van der Waals surface area contributed by atoms with Crippen molar-refractivity contribution in [2.45, 2.75) is 51.8 Å². The maximum atomic E-state index is 11.9. The molecule has 148 valence electrons. The average Bonchev–Trinajstić information content (AvgIpc) is 2.95. The van der Waals surface area contributed by atoms with Crippen LogP contribution in [0.15, 0.2) is 16.7 Å². The third-order valence-corrected chi connectivity index (χ3v) is 4.56. The molecular formula is C19H28N4O4. The Morgan fingerprint density at radius 3 is 2.70 bits per heavy atom. The minimum Gasteiger partial charge on any atom is -0.496 e. The molecule has 2 heterocycles. The van der Waals surface area contributed by atoms with Crippen molar-refractivity contribution in [3.63, 3.8) is 0 Å². The van der Waals surface area contributed by atoms with E-state index in [2.05, 4.69) is 15.4 Å². The second-order valence-corrected chi connectivity index (χ2v) is 7.94. The van der Waals surface area contributed by atoms with Gasteiger partial charge in [-0.15, -0.1) is 0 Å². The van der Waals surface area contributed by atoms with Crippen molar-refractivity contribution < 1.29 is 18.8 Å². The number of hydrogen-bond donors (Lipinski definition) is 2. The first-order valence-electron chi connectivity index (χ1n) is 9.19. The number of rotatable bonds is 4. The first-order valence-corrected chi connectivity index (χ1v) is 9.19. The van der Waals surface area contributed by atoms with E-state index in [0.29, 0.717) is 22.5 Å². The summed E-state index contributed by atoms with van der Waals surface area (Å²) < 4.78 is 16.1. The summed E-state index contributed by atoms with van der Waals surface area (Å²) in [6, 6.07) is 4.06. The van der Waals surface area contributed by atoms with Crippen molar-refractivity contribution in [2.24, 2.45) is 0 Å². The summed E-state index contributed by atoms with van der Waals surface area (Å²) in [7, 11) is 1.61. The molecule has 3 N–H and O–H groups in total. The van der Waals surface area contributed by atoms with E-state index in [1.165, 1.54) is 0 Å². The number of hydrogen-bond acceptors (Lipinski definition) is 7. The minimum atomic E-state index is -0.480. The average molecular weight is 376 g/mol. The summed E-state index contributed by atoms with van der Waals surface area (Å²) >= 11 is 0. The highest BCUT2D eigenvalue weighted by Gasteiger charge is 2.24. The van der Waals surface area contributed by atoms with Gasteiger partial charge in [-0.25, -0.2) is 4.79 Å². The molecule has 1 aliphatic heterocycles. The second-order valence-electron chi connectivity index (χ2n) is 7.94. The SMILES string of the molecule is COc1cc(CN2CCC(NC(=O)OC(C)(C)C)CC2)cc2onc(N)c12. The fourth-order valence-corrected chi connectivity index (χ4v) is 3.33. The lowest BCUT2D eigenvalue weighted by Crippen LogP contribution is -2.45. The molecule has 1 saturated heterocycles. The van der Waals surface area contributed by atoms with Gasteiger partial charge in [-0.3, -0.25) is 4.90 Å². The van der Waals surface area contributed by atoms with E-state index in [-0.39, 0.29) is 12.1 Å². The Morgan fingerprint density at radius 2 is 2.07 bits per heavy atom. The molecule has 8 heteroatoms. The number of fused-ring (bicyclic) bond motifs is 1. The summed E-state index contributed by atoms with van der Waals surface area (Å²) in [5, 5.41) is 7.48. The van der Waals surface area contributed by atoms with Crippen LogP contribution in [0.4, 0.5) is 10.6 Å². The Hall–Kier alpha value is -2.48. The molecule has 0 bridgehead atoms. The molecule has 0 unspecified atom stereocenters. The third kappa shape index (κ3) is 4.82. The number of likely N-dealkylation sites (tertiary alicyclic amines) is 1. The quantitative estimate of drug-likeness (QED) is 0.845. The molecule has 0 spiro atoms. The van der Waals surface area contributed by atoms with Gasteiger partial charge in [0.2, 0.25) is 0 Å². The van der Waals surface area contributed by atoms with Crippen LogP contribution in [0.2, 0.25) is 0 Å². The molecular weight excluding hydrogens is 348 g/mol. The van der Waals surface area contributed by atoms with Crippen molar-refractivity contribution in [2.75, 3.05) is 25.9 Å². The molecule has 1 aromatic carbocycles. The number of alkyl carbamates (subject to hydrolysis) is 1. The van der Waals surface area contributed by atoms with Gasteiger partial charge in [0.1, 0.15) is 16.7 Å². The van der Waals surface area contributed by atoms with Crippen molar-refractivity contribution in [1.82, 2.24) is 15.4 Å². The first-order chi connectivity index (χ1) is 12.7. The van der Waals surface area contributed by atoms with Crippen molar-refractivity contribution in [1.29, 1.82) is 0 Å². The summed E-state index contributed by atoms with van der Waals surface area (Å²) in [5.74, 6) is 1.00. The Kier molecular flexibility index (Phi) is 5.46. The lowest BCUT2D eigenvalue weighted by Gasteiger charge is -2.32. The zero-order chi connectivity index (χ0) is 19.6. The largest absolute Gasteiger partial charge is 0.496 e. The number of amides is 1. The lowest BCUT2D eigenvalue weighted by atomic mass is 10.0. The molecule has 2 aromatic rings. The topological polar surface area (TPSA) is 103 Å². The number of nitrogens with one attached hydrogen (secondary N) is 1. The Labute approximate surface area is 158 Å². The van der Waals surface area contributed by atoms with Gasteiger partial charge in [0.05, 0.1) is 7.11 Å². The fourth-order valence-electron chi connectivity index (χ4n) is 3.33. The number of nitrogen functional groups attached to an aromatic ring is 1. The first kappa shape index (κ1) is 19.3. The van der Waals surface area contributed by atoms with Gasteiger partial charge in [-0.05, 0) is 51.3 Å². The molecule has 3 rings (SSSR count). The Bertz CT molecular complexity index is 804. The zero-order valence-electron chi connectivity index (χ0n) is 16.4. The van der Waals surface area contributed by atoms with Gasteiger partial charge in [-0.2, -0.15) is 0 Å². The molecule has 8 nitrogen and oxygen atoms in total. The number of ether oxygens (including phenoxy) is 2. The van der Waals surface area contributed by atoms with E-state index >= 15 is 0 Å². The standard InChI is InChI=1S/C19H28N4O4/c1-19(2,3)26-18(24)21-13-5-7-23(8-6-13)11-12-9-14(25-4)16-15(10-12)27-22-17(16)20/h9-10,13H,5-8,11H2,1-4H3,(H2,20,22)(H,21,24).